The summed E-state index contributed by atoms with van der Waals surface area (Å²) in [5, 5.41) is 3.35. The standard InChI is InChI=1S/C13H19F2N/c1-4-13(5-2)16-9(3)10-6-11(14)8-12(15)7-10/h6-9,13,16H,4-5H2,1-3H3. The van der Waals surface area contributed by atoms with Crippen LogP contribution >= 0.6 is 0 Å². The second-order valence-electron chi connectivity index (χ2n) is 4.10. The average Bonchev–Trinajstić information content (AvgIpc) is 2.24. The second kappa shape index (κ2) is 5.94. The lowest BCUT2D eigenvalue weighted by Gasteiger charge is -2.21. The van der Waals surface area contributed by atoms with Gasteiger partial charge in [0, 0.05) is 18.2 Å². The number of hydrogen-bond acceptors (Lipinski definition) is 1. The van der Waals surface area contributed by atoms with Crippen LogP contribution < -0.4 is 5.32 Å². The zero-order valence-corrected chi connectivity index (χ0v) is 10.1. The lowest BCUT2D eigenvalue weighted by Crippen LogP contribution is -2.30. The Labute approximate surface area is 95.9 Å². The molecule has 1 aromatic rings. The normalized spacial score (nSPS) is 13.1. The molecule has 0 aliphatic heterocycles. The first-order valence-electron chi connectivity index (χ1n) is 5.78. The van der Waals surface area contributed by atoms with Gasteiger partial charge >= 0.3 is 0 Å². The van der Waals surface area contributed by atoms with Crippen LogP contribution in [0.15, 0.2) is 18.2 Å². The third kappa shape index (κ3) is 3.56. The Morgan fingerprint density at radius 2 is 1.56 bits per heavy atom. The Kier molecular flexibility index (Phi) is 4.87. The van der Waals surface area contributed by atoms with Crippen molar-refractivity contribution in [2.75, 3.05) is 0 Å². The number of halogens is 2. The highest BCUT2D eigenvalue weighted by Gasteiger charge is 2.12. The minimum absolute atomic E-state index is 0.0323. The maximum Gasteiger partial charge on any atom is 0.126 e. The Hall–Kier alpha value is -0.960. The molecule has 1 N–H and O–H groups in total. The highest BCUT2D eigenvalue weighted by molar-refractivity contribution is 5.21. The van der Waals surface area contributed by atoms with Crippen LogP contribution in [0.2, 0.25) is 0 Å². The zero-order valence-electron chi connectivity index (χ0n) is 10.1. The fraction of sp³-hybridized carbons (Fsp3) is 0.538. The molecule has 1 nitrogen and oxygen atoms in total. The molecule has 0 bridgehead atoms. The van der Waals surface area contributed by atoms with Crippen molar-refractivity contribution in [3.63, 3.8) is 0 Å². The number of nitrogens with one attached hydrogen (secondary N) is 1. The van der Waals surface area contributed by atoms with E-state index in [0.29, 0.717) is 11.6 Å². The molecule has 0 fully saturated rings. The maximum absolute atomic E-state index is 13.0. The van der Waals surface area contributed by atoms with Crippen LogP contribution in [0.1, 0.15) is 45.2 Å². The lowest BCUT2D eigenvalue weighted by atomic mass is 10.1. The number of hydrogen-bond donors (Lipinski definition) is 1. The van der Waals surface area contributed by atoms with Crippen LogP contribution in [-0.2, 0) is 0 Å². The van der Waals surface area contributed by atoms with E-state index in [1.807, 2.05) is 6.92 Å². The number of benzene rings is 1. The predicted octanol–water partition coefficient (Wildman–Crippen LogP) is 3.80. The third-order valence-electron chi connectivity index (χ3n) is 2.86. The van der Waals surface area contributed by atoms with Gasteiger partial charge in [-0.2, -0.15) is 0 Å². The molecule has 1 rings (SSSR count). The highest BCUT2D eigenvalue weighted by Crippen LogP contribution is 2.17. The second-order valence-corrected chi connectivity index (χ2v) is 4.10. The van der Waals surface area contributed by atoms with Crippen LogP contribution in [0.3, 0.4) is 0 Å². The van der Waals surface area contributed by atoms with Gasteiger partial charge in [-0.15, -0.1) is 0 Å². The van der Waals surface area contributed by atoms with Crippen molar-refractivity contribution < 1.29 is 8.78 Å². The summed E-state index contributed by atoms with van der Waals surface area (Å²) in [4.78, 5) is 0. The molecule has 1 atom stereocenters. The summed E-state index contributed by atoms with van der Waals surface area (Å²) in [5.74, 6) is -1.04. The minimum Gasteiger partial charge on any atom is -0.307 e. The Morgan fingerprint density at radius 3 is 2.00 bits per heavy atom. The van der Waals surface area contributed by atoms with Crippen LogP contribution in [-0.4, -0.2) is 6.04 Å². The zero-order chi connectivity index (χ0) is 12.1. The molecule has 0 heterocycles. The molecule has 3 heteroatoms. The molecular formula is C13H19F2N. The van der Waals surface area contributed by atoms with E-state index in [4.69, 9.17) is 0 Å². The Bertz CT molecular complexity index is 314. The van der Waals surface area contributed by atoms with Gasteiger partial charge in [0.25, 0.3) is 0 Å². The summed E-state index contributed by atoms with van der Waals surface area (Å²) < 4.78 is 26.0. The van der Waals surface area contributed by atoms with E-state index < -0.39 is 11.6 Å². The summed E-state index contributed by atoms with van der Waals surface area (Å²) in [6.07, 6.45) is 2.03. The molecule has 1 unspecified atom stereocenters. The highest BCUT2D eigenvalue weighted by atomic mass is 19.1. The van der Waals surface area contributed by atoms with E-state index in [0.717, 1.165) is 18.9 Å². The van der Waals surface area contributed by atoms with Crippen molar-refractivity contribution in [2.24, 2.45) is 0 Å². The fourth-order valence-electron chi connectivity index (χ4n) is 1.80. The Morgan fingerprint density at radius 1 is 1.06 bits per heavy atom. The topological polar surface area (TPSA) is 12.0 Å². The smallest absolute Gasteiger partial charge is 0.126 e. The van der Waals surface area contributed by atoms with E-state index >= 15 is 0 Å². The summed E-state index contributed by atoms with van der Waals surface area (Å²) >= 11 is 0. The largest absolute Gasteiger partial charge is 0.307 e. The van der Waals surface area contributed by atoms with E-state index in [9.17, 15) is 8.78 Å². The molecule has 0 aromatic heterocycles. The first-order chi connectivity index (χ1) is 7.56. The predicted molar refractivity (Wildman–Crippen MR) is 62.3 cm³/mol. The molecule has 0 spiro atoms. The first kappa shape index (κ1) is 13.1. The van der Waals surface area contributed by atoms with Crippen LogP contribution in [0.25, 0.3) is 0 Å². The summed E-state index contributed by atoms with van der Waals surface area (Å²) in [6.45, 7) is 6.12. The van der Waals surface area contributed by atoms with Crippen LogP contribution in [0, 0.1) is 11.6 Å². The monoisotopic (exact) mass is 227 g/mol. The fourth-order valence-corrected chi connectivity index (χ4v) is 1.80. The van der Waals surface area contributed by atoms with Crippen molar-refractivity contribution in [2.45, 2.75) is 45.7 Å². The van der Waals surface area contributed by atoms with E-state index in [1.165, 1.54) is 12.1 Å². The van der Waals surface area contributed by atoms with Gasteiger partial charge in [-0.1, -0.05) is 13.8 Å². The molecule has 0 radical (unpaired) electrons. The summed E-state index contributed by atoms with van der Waals surface area (Å²) in [6, 6.07) is 4.01. The Balaban J connectivity index is 2.75. The van der Waals surface area contributed by atoms with Crippen LogP contribution in [0.4, 0.5) is 8.78 Å². The average molecular weight is 227 g/mol. The van der Waals surface area contributed by atoms with Crippen molar-refractivity contribution >= 4 is 0 Å². The van der Waals surface area contributed by atoms with Gasteiger partial charge in [0.1, 0.15) is 11.6 Å². The molecule has 0 saturated carbocycles. The molecule has 90 valence electrons. The molecule has 0 aliphatic carbocycles. The number of rotatable bonds is 5. The van der Waals surface area contributed by atoms with Crippen molar-refractivity contribution in [1.82, 2.24) is 5.32 Å². The quantitative estimate of drug-likeness (QED) is 0.806. The van der Waals surface area contributed by atoms with Gasteiger partial charge in [0.05, 0.1) is 0 Å². The molecule has 0 amide bonds. The SMILES string of the molecule is CCC(CC)NC(C)c1cc(F)cc(F)c1. The minimum atomic E-state index is -0.520. The molecule has 0 aliphatic rings. The molecule has 16 heavy (non-hydrogen) atoms. The summed E-state index contributed by atoms with van der Waals surface area (Å²) in [5.41, 5.74) is 0.657. The van der Waals surface area contributed by atoms with Crippen molar-refractivity contribution in [3.8, 4) is 0 Å². The van der Waals surface area contributed by atoms with Crippen molar-refractivity contribution in [1.29, 1.82) is 0 Å². The van der Waals surface area contributed by atoms with Gasteiger partial charge in [-0.05, 0) is 37.5 Å². The first-order valence-corrected chi connectivity index (χ1v) is 5.78. The maximum atomic E-state index is 13.0. The van der Waals surface area contributed by atoms with E-state index in [2.05, 4.69) is 19.2 Å². The summed E-state index contributed by atoms with van der Waals surface area (Å²) in [7, 11) is 0. The molecule has 1 aromatic carbocycles. The van der Waals surface area contributed by atoms with Gasteiger partial charge in [0.2, 0.25) is 0 Å². The van der Waals surface area contributed by atoms with E-state index in [-0.39, 0.29) is 6.04 Å². The van der Waals surface area contributed by atoms with Gasteiger partial charge in [-0.3, -0.25) is 0 Å². The van der Waals surface area contributed by atoms with Gasteiger partial charge in [-0.25, -0.2) is 8.78 Å². The van der Waals surface area contributed by atoms with Gasteiger partial charge < -0.3 is 5.32 Å². The lowest BCUT2D eigenvalue weighted by molar-refractivity contribution is 0.429. The van der Waals surface area contributed by atoms with Crippen LogP contribution in [0.5, 0.6) is 0 Å². The molecular weight excluding hydrogens is 208 g/mol. The van der Waals surface area contributed by atoms with Crippen molar-refractivity contribution in [3.05, 3.63) is 35.4 Å². The van der Waals surface area contributed by atoms with Gasteiger partial charge in [0.15, 0.2) is 0 Å². The van der Waals surface area contributed by atoms with E-state index in [1.54, 1.807) is 0 Å². The molecule has 0 saturated heterocycles. The third-order valence-corrected chi connectivity index (χ3v) is 2.86.